The number of hydrogen-bond donors (Lipinski definition) is 2. The third kappa shape index (κ3) is 8.61. The van der Waals surface area contributed by atoms with E-state index in [1.807, 2.05) is 0 Å². The van der Waals surface area contributed by atoms with Crippen molar-refractivity contribution >= 4 is 5.96 Å². The monoisotopic (exact) mass is 389 g/mol. The molecule has 1 aromatic rings. The van der Waals surface area contributed by atoms with Crippen molar-refractivity contribution in [3.8, 4) is 0 Å². The van der Waals surface area contributed by atoms with Crippen molar-refractivity contribution in [2.75, 3.05) is 39.5 Å². The van der Waals surface area contributed by atoms with Crippen LogP contribution in [0.2, 0.25) is 0 Å². The number of hydrogen-bond acceptors (Lipinski definition) is 3. The fourth-order valence-electron chi connectivity index (χ4n) is 3.19. The molecule has 0 spiro atoms. The Bertz CT molecular complexity index is 573. The number of nitrogens with zero attached hydrogens (tertiary/aromatic N) is 1. The molecular formula is C23H39N3O2. The predicted molar refractivity (Wildman–Crippen MR) is 117 cm³/mol. The number of aliphatic imine (C=N–C) groups is 1. The molecule has 1 aliphatic heterocycles. The minimum atomic E-state index is 0.204. The smallest absolute Gasteiger partial charge is 0.191 e. The zero-order valence-electron chi connectivity index (χ0n) is 18.2. The van der Waals surface area contributed by atoms with Crippen molar-refractivity contribution in [1.82, 2.24) is 10.6 Å². The van der Waals surface area contributed by atoms with Gasteiger partial charge in [0.15, 0.2) is 5.96 Å². The van der Waals surface area contributed by atoms with Crippen molar-refractivity contribution < 1.29 is 9.47 Å². The van der Waals surface area contributed by atoms with E-state index < -0.39 is 0 Å². The quantitative estimate of drug-likeness (QED) is 0.384. The van der Waals surface area contributed by atoms with Gasteiger partial charge in [-0.2, -0.15) is 0 Å². The van der Waals surface area contributed by atoms with Gasteiger partial charge in [0.05, 0.1) is 6.10 Å². The van der Waals surface area contributed by atoms with Crippen molar-refractivity contribution in [2.45, 2.75) is 64.9 Å². The van der Waals surface area contributed by atoms with E-state index in [4.69, 9.17) is 9.47 Å². The Morgan fingerprint density at radius 2 is 1.86 bits per heavy atom. The lowest BCUT2D eigenvalue weighted by Gasteiger charge is -2.22. The second-order valence-corrected chi connectivity index (χ2v) is 8.42. The lowest BCUT2D eigenvalue weighted by Crippen LogP contribution is -2.38. The Balaban J connectivity index is 1.67. The molecule has 1 heterocycles. The normalized spacial score (nSPS) is 16.2. The van der Waals surface area contributed by atoms with Gasteiger partial charge in [-0.1, -0.05) is 45.0 Å². The fraction of sp³-hybridized carbons (Fsp3) is 0.696. The fourth-order valence-corrected chi connectivity index (χ4v) is 3.19. The van der Waals surface area contributed by atoms with Gasteiger partial charge >= 0.3 is 0 Å². The van der Waals surface area contributed by atoms with Gasteiger partial charge in [0, 0.05) is 39.5 Å². The largest absolute Gasteiger partial charge is 0.381 e. The van der Waals surface area contributed by atoms with Crippen LogP contribution in [-0.2, 0) is 21.3 Å². The van der Waals surface area contributed by atoms with Crippen molar-refractivity contribution in [1.29, 1.82) is 0 Å². The summed E-state index contributed by atoms with van der Waals surface area (Å²) in [5, 5.41) is 6.76. The summed E-state index contributed by atoms with van der Waals surface area (Å²) >= 11 is 0. The first kappa shape index (κ1) is 22.7. The molecule has 0 atom stereocenters. The number of ether oxygens (including phenoxy) is 2. The Labute approximate surface area is 171 Å². The molecule has 1 fully saturated rings. The highest BCUT2D eigenvalue weighted by atomic mass is 16.5. The van der Waals surface area contributed by atoms with E-state index in [0.29, 0.717) is 6.10 Å². The van der Waals surface area contributed by atoms with Crippen LogP contribution in [0.1, 0.15) is 58.1 Å². The van der Waals surface area contributed by atoms with Gasteiger partial charge in [-0.25, -0.2) is 0 Å². The van der Waals surface area contributed by atoms with Gasteiger partial charge < -0.3 is 20.1 Å². The molecule has 0 unspecified atom stereocenters. The second kappa shape index (κ2) is 12.1. The molecule has 1 aromatic carbocycles. The Morgan fingerprint density at radius 1 is 1.14 bits per heavy atom. The molecule has 1 aliphatic rings. The molecule has 0 bridgehead atoms. The zero-order valence-corrected chi connectivity index (χ0v) is 18.2. The molecule has 2 rings (SSSR count). The average molecular weight is 390 g/mol. The Kier molecular flexibility index (Phi) is 9.79. The van der Waals surface area contributed by atoms with Crippen LogP contribution in [0.4, 0.5) is 0 Å². The van der Waals surface area contributed by atoms with Gasteiger partial charge in [0.2, 0.25) is 0 Å². The molecular weight excluding hydrogens is 350 g/mol. The first-order chi connectivity index (χ1) is 13.5. The van der Waals surface area contributed by atoms with Crippen LogP contribution in [0.25, 0.3) is 0 Å². The van der Waals surface area contributed by atoms with E-state index in [1.165, 1.54) is 11.1 Å². The minimum absolute atomic E-state index is 0.204. The summed E-state index contributed by atoms with van der Waals surface area (Å²) in [6, 6.07) is 8.96. The topological polar surface area (TPSA) is 54.9 Å². The minimum Gasteiger partial charge on any atom is -0.381 e. The molecule has 5 heteroatoms. The maximum Gasteiger partial charge on any atom is 0.191 e. The summed E-state index contributed by atoms with van der Waals surface area (Å²) in [5.41, 5.74) is 2.93. The van der Waals surface area contributed by atoms with E-state index in [9.17, 15) is 0 Å². The summed E-state index contributed by atoms with van der Waals surface area (Å²) < 4.78 is 11.3. The van der Waals surface area contributed by atoms with Crippen LogP contribution >= 0.6 is 0 Å². The average Bonchev–Trinajstić information content (AvgIpc) is 2.68. The molecule has 0 radical (unpaired) electrons. The Hall–Kier alpha value is -1.59. The van der Waals surface area contributed by atoms with E-state index in [1.54, 1.807) is 0 Å². The highest BCUT2D eigenvalue weighted by Gasteiger charge is 2.14. The number of guanidine groups is 1. The third-order valence-electron chi connectivity index (χ3n) is 4.96. The number of benzene rings is 1. The van der Waals surface area contributed by atoms with E-state index >= 15 is 0 Å². The molecule has 2 N–H and O–H groups in total. The van der Waals surface area contributed by atoms with Crippen LogP contribution in [-0.4, -0.2) is 51.5 Å². The highest BCUT2D eigenvalue weighted by Crippen LogP contribution is 2.22. The molecule has 0 amide bonds. The lowest BCUT2D eigenvalue weighted by molar-refractivity contribution is -0.0318. The van der Waals surface area contributed by atoms with E-state index in [0.717, 1.165) is 71.1 Å². The first-order valence-corrected chi connectivity index (χ1v) is 10.8. The van der Waals surface area contributed by atoms with Crippen LogP contribution in [0.3, 0.4) is 0 Å². The van der Waals surface area contributed by atoms with Gasteiger partial charge in [-0.05, 0) is 49.1 Å². The summed E-state index contributed by atoms with van der Waals surface area (Å²) in [7, 11) is 0. The molecule has 0 saturated carbocycles. The van der Waals surface area contributed by atoms with E-state index in [2.05, 4.69) is 67.6 Å². The van der Waals surface area contributed by atoms with Gasteiger partial charge in [0.1, 0.15) is 0 Å². The van der Waals surface area contributed by atoms with Gasteiger partial charge in [-0.3, -0.25) is 4.99 Å². The lowest BCUT2D eigenvalue weighted by atomic mass is 9.86. The number of rotatable bonds is 9. The molecule has 1 saturated heterocycles. The first-order valence-electron chi connectivity index (χ1n) is 10.8. The van der Waals surface area contributed by atoms with Gasteiger partial charge in [0.25, 0.3) is 0 Å². The van der Waals surface area contributed by atoms with Crippen LogP contribution in [0.15, 0.2) is 29.3 Å². The molecule has 28 heavy (non-hydrogen) atoms. The second-order valence-electron chi connectivity index (χ2n) is 8.42. The molecule has 0 aromatic heterocycles. The van der Waals surface area contributed by atoms with Crippen molar-refractivity contribution in [2.24, 2.45) is 4.99 Å². The summed E-state index contributed by atoms with van der Waals surface area (Å²) in [4.78, 5) is 4.66. The van der Waals surface area contributed by atoms with Crippen LogP contribution in [0.5, 0.6) is 0 Å². The van der Waals surface area contributed by atoms with Crippen LogP contribution < -0.4 is 10.6 Å². The third-order valence-corrected chi connectivity index (χ3v) is 4.96. The molecule has 0 aliphatic carbocycles. The standard InChI is InChI=1S/C23H39N3O2/c1-5-24-22(25-14-6-16-28-21-12-17-27-18-13-21)26-15-11-19-7-9-20(10-8-19)23(2,3)4/h7-10,21H,5-6,11-18H2,1-4H3,(H2,24,25,26). The van der Waals surface area contributed by atoms with Crippen molar-refractivity contribution in [3.63, 3.8) is 0 Å². The predicted octanol–water partition coefficient (Wildman–Crippen LogP) is 3.67. The number of nitrogens with one attached hydrogen (secondary N) is 2. The summed E-state index contributed by atoms with van der Waals surface area (Å²) in [6.07, 6.45) is 4.34. The Morgan fingerprint density at radius 3 is 2.50 bits per heavy atom. The zero-order chi connectivity index (χ0) is 20.2. The SMILES string of the molecule is CCNC(=NCCCOC1CCOCC1)NCCc1ccc(C(C)(C)C)cc1. The van der Waals surface area contributed by atoms with E-state index in [-0.39, 0.29) is 5.41 Å². The summed E-state index contributed by atoms with van der Waals surface area (Å²) in [6.45, 7) is 13.8. The molecule has 158 valence electrons. The molecule has 5 nitrogen and oxygen atoms in total. The summed E-state index contributed by atoms with van der Waals surface area (Å²) in [5.74, 6) is 0.889. The highest BCUT2D eigenvalue weighted by molar-refractivity contribution is 5.79. The van der Waals surface area contributed by atoms with Gasteiger partial charge in [-0.15, -0.1) is 0 Å². The van der Waals surface area contributed by atoms with Crippen LogP contribution in [0, 0.1) is 0 Å². The maximum absolute atomic E-state index is 5.91. The van der Waals surface area contributed by atoms with Crippen molar-refractivity contribution in [3.05, 3.63) is 35.4 Å². The maximum atomic E-state index is 5.91.